The SMILES string of the molecule is CNC[C@@](C)(C(=O)N1CC2=C(C1)CN(S(=O)(=O)c1ccc3c(c1)OCCO3)C2)c1ccc(F)c(Cl)c1. The van der Waals surface area contributed by atoms with E-state index in [2.05, 4.69) is 5.32 Å². The second-order valence-corrected chi connectivity index (χ2v) is 11.8. The van der Waals surface area contributed by atoms with Gasteiger partial charge in [0.25, 0.3) is 0 Å². The van der Waals surface area contributed by atoms with Gasteiger partial charge in [-0.05, 0) is 54.9 Å². The molecule has 0 saturated carbocycles. The van der Waals surface area contributed by atoms with Gasteiger partial charge >= 0.3 is 0 Å². The van der Waals surface area contributed by atoms with Crippen LogP contribution < -0.4 is 14.8 Å². The van der Waals surface area contributed by atoms with Crippen molar-refractivity contribution in [3.8, 4) is 11.5 Å². The quantitative estimate of drug-likeness (QED) is 0.572. The van der Waals surface area contributed by atoms with Crippen LogP contribution in [0.2, 0.25) is 5.02 Å². The van der Waals surface area contributed by atoms with Gasteiger partial charge in [0.05, 0.1) is 15.3 Å². The summed E-state index contributed by atoms with van der Waals surface area (Å²) in [4.78, 5) is 15.6. The lowest BCUT2D eigenvalue weighted by Gasteiger charge is -2.34. The third-order valence-electron chi connectivity index (χ3n) is 7.00. The van der Waals surface area contributed by atoms with Crippen molar-refractivity contribution in [2.75, 3.05) is 53.0 Å². The molecule has 2 aromatic rings. The molecule has 0 aromatic heterocycles. The highest BCUT2D eigenvalue weighted by Gasteiger charge is 2.43. The van der Waals surface area contributed by atoms with Gasteiger partial charge in [-0.1, -0.05) is 17.7 Å². The zero-order valence-electron chi connectivity index (χ0n) is 20.0. The van der Waals surface area contributed by atoms with Gasteiger partial charge in [0, 0.05) is 38.8 Å². The average molecular weight is 536 g/mol. The number of amides is 1. The summed E-state index contributed by atoms with van der Waals surface area (Å²) in [6, 6.07) is 8.98. The summed E-state index contributed by atoms with van der Waals surface area (Å²) in [6.45, 7) is 4.07. The van der Waals surface area contributed by atoms with Crippen LogP contribution in [0.15, 0.2) is 52.4 Å². The minimum Gasteiger partial charge on any atom is -0.486 e. The van der Waals surface area contributed by atoms with Crippen LogP contribution in [0.1, 0.15) is 12.5 Å². The van der Waals surface area contributed by atoms with Crippen molar-refractivity contribution in [2.24, 2.45) is 0 Å². The molecule has 0 unspecified atom stereocenters. The molecule has 5 rings (SSSR count). The van der Waals surface area contributed by atoms with Crippen LogP contribution in [0.5, 0.6) is 11.5 Å². The molecule has 1 atom stereocenters. The Morgan fingerprint density at radius 3 is 2.36 bits per heavy atom. The average Bonchev–Trinajstić information content (AvgIpc) is 3.45. The molecule has 0 fully saturated rings. The van der Waals surface area contributed by atoms with Gasteiger partial charge in [-0.15, -0.1) is 0 Å². The van der Waals surface area contributed by atoms with Crippen molar-refractivity contribution in [3.05, 3.63) is 63.9 Å². The molecule has 3 aliphatic heterocycles. The van der Waals surface area contributed by atoms with E-state index in [1.807, 2.05) is 0 Å². The number of nitrogens with one attached hydrogen (secondary N) is 1. The third kappa shape index (κ3) is 4.26. The number of carbonyl (C=O) groups is 1. The molecule has 2 aromatic carbocycles. The van der Waals surface area contributed by atoms with E-state index in [1.165, 1.54) is 28.6 Å². The molecule has 8 nitrogen and oxygen atoms in total. The van der Waals surface area contributed by atoms with Gasteiger partial charge in [-0.3, -0.25) is 4.79 Å². The van der Waals surface area contributed by atoms with Crippen LogP contribution in [-0.4, -0.2) is 76.5 Å². The van der Waals surface area contributed by atoms with E-state index in [1.54, 1.807) is 31.0 Å². The van der Waals surface area contributed by atoms with Crippen molar-refractivity contribution in [1.29, 1.82) is 0 Å². The third-order valence-corrected chi connectivity index (χ3v) is 9.07. The zero-order chi connectivity index (χ0) is 25.7. The highest BCUT2D eigenvalue weighted by atomic mass is 35.5. The minimum atomic E-state index is -3.75. The Labute approximate surface area is 214 Å². The Hall–Kier alpha value is -2.66. The number of fused-ring (bicyclic) bond motifs is 1. The molecule has 0 saturated heterocycles. The number of hydrogen-bond acceptors (Lipinski definition) is 6. The fourth-order valence-electron chi connectivity index (χ4n) is 5.04. The molecular weight excluding hydrogens is 509 g/mol. The van der Waals surface area contributed by atoms with E-state index in [9.17, 15) is 17.6 Å². The van der Waals surface area contributed by atoms with E-state index in [4.69, 9.17) is 21.1 Å². The number of likely N-dealkylation sites (N-methyl/N-ethyl adjacent to an activating group) is 1. The zero-order valence-corrected chi connectivity index (χ0v) is 21.6. The normalized spacial score (nSPS) is 19.4. The van der Waals surface area contributed by atoms with Crippen LogP contribution in [0, 0.1) is 5.82 Å². The van der Waals surface area contributed by atoms with Crippen molar-refractivity contribution in [2.45, 2.75) is 17.2 Å². The van der Waals surface area contributed by atoms with Gasteiger partial charge in [0.1, 0.15) is 19.0 Å². The topological polar surface area (TPSA) is 88.2 Å². The van der Waals surface area contributed by atoms with Crippen LogP contribution in [-0.2, 0) is 20.2 Å². The van der Waals surface area contributed by atoms with Gasteiger partial charge in [-0.2, -0.15) is 4.31 Å². The first kappa shape index (κ1) is 25.0. The summed E-state index contributed by atoms with van der Waals surface area (Å²) < 4.78 is 52.9. The van der Waals surface area contributed by atoms with Crippen LogP contribution in [0.3, 0.4) is 0 Å². The van der Waals surface area contributed by atoms with Crippen LogP contribution >= 0.6 is 11.6 Å². The summed E-state index contributed by atoms with van der Waals surface area (Å²) in [7, 11) is -2.00. The smallest absolute Gasteiger partial charge is 0.243 e. The lowest BCUT2D eigenvalue weighted by atomic mass is 9.80. The number of carbonyl (C=O) groups excluding carboxylic acids is 1. The highest BCUT2D eigenvalue weighted by Crippen LogP contribution is 2.37. The fraction of sp³-hybridized carbons (Fsp3) is 0.400. The molecule has 0 bridgehead atoms. The molecule has 0 spiro atoms. The van der Waals surface area contributed by atoms with E-state index in [0.29, 0.717) is 49.9 Å². The van der Waals surface area contributed by atoms with Crippen molar-refractivity contribution in [3.63, 3.8) is 0 Å². The van der Waals surface area contributed by atoms with Gasteiger partial charge < -0.3 is 19.7 Å². The van der Waals surface area contributed by atoms with Crippen molar-refractivity contribution in [1.82, 2.24) is 14.5 Å². The number of hydrogen-bond donors (Lipinski definition) is 1. The highest BCUT2D eigenvalue weighted by molar-refractivity contribution is 7.89. The maximum absolute atomic E-state index is 13.8. The second-order valence-electron chi connectivity index (χ2n) is 9.44. The summed E-state index contributed by atoms with van der Waals surface area (Å²) >= 11 is 6.01. The van der Waals surface area contributed by atoms with Crippen molar-refractivity contribution < 1.29 is 27.1 Å². The predicted octanol–water partition coefficient (Wildman–Crippen LogP) is 2.57. The first-order valence-electron chi connectivity index (χ1n) is 11.6. The Morgan fingerprint density at radius 2 is 1.72 bits per heavy atom. The van der Waals surface area contributed by atoms with Gasteiger partial charge in [0.15, 0.2) is 11.5 Å². The molecule has 11 heteroatoms. The molecule has 0 aliphatic carbocycles. The second kappa shape index (κ2) is 9.33. The Balaban J connectivity index is 1.31. The Bertz CT molecular complexity index is 1350. The largest absolute Gasteiger partial charge is 0.486 e. The maximum Gasteiger partial charge on any atom is 0.243 e. The number of rotatable bonds is 6. The molecule has 3 heterocycles. The summed E-state index contributed by atoms with van der Waals surface area (Å²) in [6.07, 6.45) is 0. The number of ether oxygens (including phenoxy) is 2. The standard InChI is InChI=1S/C25H27ClFN3O5S/c1-25(15-28-2,18-3-5-21(27)20(26)9-18)24(31)29-11-16-13-30(14-17(16)12-29)36(32,33)19-4-6-22-23(10-19)35-8-7-34-22/h3-6,9-10,28H,7-8,11-15H2,1-2H3/t25-/m1/s1. The number of benzene rings is 2. The summed E-state index contributed by atoms with van der Waals surface area (Å²) in [5.74, 6) is 0.280. The molecular formula is C25H27ClFN3O5S. The first-order valence-corrected chi connectivity index (χ1v) is 13.4. The minimum absolute atomic E-state index is 0.0374. The molecule has 3 aliphatic rings. The number of nitrogens with zero attached hydrogens (tertiary/aromatic N) is 2. The molecule has 0 radical (unpaired) electrons. The molecule has 1 amide bonds. The number of halogens is 2. The van der Waals surface area contributed by atoms with E-state index < -0.39 is 21.3 Å². The van der Waals surface area contributed by atoms with E-state index in [-0.39, 0.29) is 28.9 Å². The van der Waals surface area contributed by atoms with Crippen LogP contribution in [0.25, 0.3) is 0 Å². The Morgan fingerprint density at radius 1 is 1.06 bits per heavy atom. The van der Waals surface area contributed by atoms with E-state index >= 15 is 0 Å². The molecule has 36 heavy (non-hydrogen) atoms. The lowest BCUT2D eigenvalue weighted by Crippen LogP contribution is -2.50. The Kier molecular flexibility index (Phi) is 6.48. The lowest BCUT2D eigenvalue weighted by molar-refractivity contribution is -0.135. The summed E-state index contributed by atoms with van der Waals surface area (Å²) in [5, 5.41) is 3.02. The van der Waals surface area contributed by atoms with Crippen LogP contribution in [0.4, 0.5) is 4.39 Å². The first-order chi connectivity index (χ1) is 17.1. The molecule has 1 N–H and O–H groups in total. The van der Waals surface area contributed by atoms with Crippen molar-refractivity contribution >= 4 is 27.5 Å². The van der Waals surface area contributed by atoms with Gasteiger partial charge in [-0.25, -0.2) is 12.8 Å². The van der Waals surface area contributed by atoms with E-state index in [0.717, 1.165) is 11.1 Å². The fourth-order valence-corrected chi connectivity index (χ4v) is 6.66. The number of sulfonamides is 1. The molecule has 192 valence electrons. The van der Waals surface area contributed by atoms with Gasteiger partial charge in [0.2, 0.25) is 15.9 Å². The maximum atomic E-state index is 13.8. The monoisotopic (exact) mass is 535 g/mol. The predicted molar refractivity (Wildman–Crippen MR) is 132 cm³/mol. The summed E-state index contributed by atoms with van der Waals surface area (Å²) in [5.41, 5.74) is 1.49.